The Morgan fingerprint density at radius 1 is 1.03 bits per heavy atom. The van der Waals surface area contributed by atoms with Gasteiger partial charge in [-0.15, -0.1) is 0 Å². The van der Waals surface area contributed by atoms with Crippen LogP contribution in [-0.2, 0) is 14.3 Å². The molecule has 1 atom stereocenters. The molecule has 1 unspecified atom stereocenters. The Bertz CT molecular complexity index is 1190. The maximum atomic E-state index is 12.8. The van der Waals surface area contributed by atoms with Crippen LogP contribution in [-0.4, -0.2) is 40.7 Å². The summed E-state index contributed by atoms with van der Waals surface area (Å²) in [6.45, 7) is 0.0863. The molecule has 1 aliphatic rings. The number of rotatable bonds is 8. The second-order valence-electron chi connectivity index (χ2n) is 7.80. The molecule has 1 aliphatic carbocycles. The van der Waals surface area contributed by atoms with E-state index in [1.807, 2.05) is 48.5 Å². The molecule has 0 spiro atoms. The fourth-order valence-corrected chi connectivity index (χ4v) is 4.36. The summed E-state index contributed by atoms with van der Waals surface area (Å²) < 4.78 is 6.06. The monoisotopic (exact) mass is 523 g/mol. The molecule has 174 valence electrons. The largest absolute Gasteiger partial charge is 0.481 e. The zero-order valence-electron chi connectivity index (χ0n) is 18.0. The van der Waals surface area contributed by atoms with Gasteiger partial charge in [0.1, 0.15) is 12.6 Å². The normalized spacial score (nSPS) is 12.9. The van der Waals surface area contributed by atoms with Gasteiger partial charge >= 0.3 is 12.1 Å². The number of fused-ring (bicyclic) bond motifs is 3. The van der Waals surface area contributed by atoms with Crippen molar-refractivity contribution >= 4 is 39.6 Å². The van der Waals surface area contributed by atoms with E-state index in [0.29, 0.717) is 10.2 Å². The molecule has 0 radical (unpaired) electrons. The summed E-state index contributed by atoms with van der Waals surface area (Å²) in [6.07, 6.45) is 1.85. The second kappa shape index (κ2) is 10.5. The molecule has 0 aliphatic heterocycles. The first-order valence-corrected chi connectivity index (χ1v) is 11.5. The number of hydrogen-bond donors (Lipinski definition) is 3. The number of carbonyl (C=O) groups excluding carboxylic acids is 2. The van der Waals surface area contributed by atoms with Crippen molar-refractivity contribution in [2.75, 3.05) is 11.9 Å². The van der Waals surface area contributed by atoms with Crippen LogP contribution >= 0.6 is 15.9 Å². The lowest BCUT2D eigenvalue weighted by Gasteiger charge is -2.19. The number of aliphatic carboxylic acids is 1. The lowest BCUT2D eigenvalue weighted by molar-refractivity contribution is -0.137. The summed E-state index contributed by atoms with van der Waals surface area (Å²) in [4.78, 5) is 40.4. The maximum Gasteiger partial charge on any atom is 0.407 e. The molecule has 1 heterocycles. The Morgan fingerprint density at radius 3 is 2.29 bits per heavy atom. The van der Waals surface area contributed by atoms with Gasteiger partial charge in [0, 0.05) is 24.7 Å². The van der Waals surface area contributed by atoms with Gasteiger partial charge in [-0.3, -0.25) is 14.6 Å². The fraction of sp³-hybridized carbons (Fsp3) is 0.200. The molecule has 34 heavy (non-hydrogen) atoms. The molecule has 8 nitrogen and oxygen atoms in total. The van der Waals surface area contributed by atoms with Crippen molar-refractivity contribution in [3.8, 4) is 11.1 Å². The van der Waals surface area contributed by atoms with E-state index in [9.17, 15) is 14.4 Å². The van der Waals surface area contributed by atoms with Gasteiger partial charge in [0.15, 0.2) is 0 Å². The van der Waals surface area contributed by atoms with Gasteiger partial charge in [0.05, 0.1) is 10.2 Å². The second-order valence-corrected chi connectivity index (χ2v) is 8.65. The third-order valence-electron chi connectivity index (χ3n) is 5.63. The molecule has 1 aromatic heterocycles. The first-order valence-electron chi connectivity index (χ1n) is 10.7. The number of benzene rings is 2. The minimum absolute atomic E-state index is 0.0863. The van der Waals surface area contributed by atoms with E-state index in [1.54, 1.807) is 6.07 Å². The van der Waals surface area contributed by atoms with E-state index in [4.69, 9.17) is 9.84 Å². The molecule has 3 aromatic rings. The lowest BCUT2D eigenvalue weighted by Crippen LogP contribution is -2.44. The molecular weight excluding hydrogens is 502 g/mol. The zero-order chi connectivity index (χ0) is 24.1. The predicted molar refractivity (Wildman–Crippen MR) is 129 cm³/mol. The molecule has 3 N–H and O–H groups in total. The van der Waals surface area contributed by atoms with Crippen molar-refractivity contribution < 1.29 is 24.2 Å². The van der Waals surface area contributed by atoms with Crippen LogP contribution in [0.4, 0.5) is 10.5 Å². The summed E-state index contributed by atoms with van der Waals surface area (Å²) in [5.41, 5.74) is 4.80. The van der Waals surface area contributed by atoms with Gasteiger partial charge in [0.2, 0.25) is 5.91 Å². The Hall–Kier alpha value is -3.72. The SMILES string of the molecule is O=C(O)CCC(NC(=O)OCC1c2ccccc2-c2ccccc21)C(=O)Nc1ccncc1Br. The average Bonchev–Trinajstić information content (AvgIpc) is 3.15. The molecule has 0 saturated carbocycles. The van der Waals surface area contributed by atoms with Gasteiger partial charge < -0.3 is 20.5 Å². The number of alkyl carbamates (subject to hydrolysis) is 1. The Balaban J connectivity index is 1.43. The van der Waals surface area contributed by atoms with E-state index in [2.05, 4.69) is 31.5 Å². The molecule has 2 aromatic carbocycles. The molecular formula is C25H22BrN3O5. The molecule has 4 rings (SSSR count). The van der Waals surface area contributed by atoms with Crippen molar-refractivity contribution in [1.29, 1.82) is 0 Å². The van der Waals surface area contributed by atoms with Gasteiger partial charge in [-0.1, -0.05) is 48.5 Å². The van der Waals surface area contributed by atoms with Crippen molar-refractivity contribution in [2.45, 2.75) is 24.8 Å². The zero-order valence-corrected chi connectivity index (χ0v) is 19.6. The quantitative estimate of drug-likeness (QED) is 0.398. The van der Waals surface area contributed by atoms with E-state index >= 15 is 0 Å². The number of hydrogen-bond acceptors (Lipinski definition) is 5. The highest BCUT2D eigenvalue weighted by Crippen LogP contribution is 2.44. The van der Waals surface area contributed by atoms with Crippen LogP contribution in [0.3, 0.4) is 0 Å². The summed E-state index contributed by atoms with van der Waals surface area (Å²) in [5.74, 6) is -1.75. The fourth-order valence-electron chi connectivity index (χ4n) is 4.02. The van der Waals surface area contributed by atoms with Gasteiger partial charge in [-0.25, -0.2) is 4.79 Å². The maximum absolute atomic E-state index is 12.8. The summed E-state index contributed by atoms with van der Waals surface area (Å²) in [7, 11) is 0. The number of carbonyl (C=O) groups is 3. The number of nitrogens with one attached hydrogen (secondary N) is 2. The number of amides is 2. The third kappa shape index (κ3) is 5.26. The summed E-state index contributed by atoms with van der Waals surface area (Å²) in [5, 5.41) is 14.2. The molecule has 0 saturated heterocycles. The number of anilines is 1. The molecule has 2 amide bonds. The summed E-state index contributed by atoms with van der Waals surface area (Å²) >= 11 is 3.29. The number of halogens is 1. The third-order valence-corrected chi connectivity index (χ3v) is 6.26. The highest BCUT2D eigenvalue weighted by Gasteiger charge is 2.30. The van der Waals surface area contributed by atoms with E-state index < -0.39 is 24.0 Å². The number of carboxylic acid groups (broad SMARTS) is 1. The van der Waals surface area contributed by atoms with Gasteiger partial charge in [-0.05, 0) is 50.7 Å². The standard InChI is InChI=1S/C25H22BrN3O5/c26-20-13-27-12-11-21(20)28-24(32)22(9-10-23(30)31)29-25(33)34-14-19-17-7-3-1-5-15(17)16-6-2-4-8-18(16)19/h1-8,11-13,19,22H,9-10,14H2,(H,29,33)(H,30,31)(H,27,28,32). The molecule has 9 heteroatoms. The van der Waals surface area contributed by atoms with E-state index in [0.717, 1.165) is 22.3 Å². The number of carboxylic acids is 1. The summed E-state index contributed by atoms with van der Waals surface area (Å²) in [6, 6.07) is 16.4. The van der Waals surface area contributed by atoms with Crippen LogP contribution in [0.15, 0.2) is 71.5 Å². The van der Waals surface area contributed by atoms with E-state index in [-0.39, 0.29) is 25.4 Å². The van der Waals surface area contributed by atoms with Crippen molar-refractivity contribution in [3.05, 3.63) is 82.6 Å². The minimum Gasteiger partial charge on any atom is -0.481 e. The Labute approximate surface area is 204 Å². The van der Waals surface area contributed by atoms with E-state index in [1.165, 1.54) is 12.4 Å². The van der Waals surface area contributed by atoms with Crippen molar-refractivity contribution in [2.24, 2.45) is 0 Å². The highest BCUT2D eigenvalue weighted by molar-refractivity contribution is 9.10. The Kier molecular flexibility index (Phi) is 7.22. The predicted octanol–water partition coefficient (Wildman–Crippen LogP) is 4.55. The topological polar surface area (TPSA) is 118 Å². The van der Waals surface area contributed by atoms with Crippen LogP contribution < -0.4 is 10.6 Å². The number of nitrogens with zero attached hydrogens (tertiary/aromatic N) is 1. The van der Waals surface area contributed by atoms with Crippen molar-refractivity contribution in [3.63, 3.8) is 0 Å². The van der Waals surface area contributed by atoms with Crippen LogP contribution in [0.1, 0.15) is 29.9 Å². The highest BCUT2D eigenvalue weighted by atomic mass is 79.9. The smallest absolute Gasteiger partial charge is 0.407 e. The van der Waals surface area contributed by atoms with Gasteiger partial charge in [0.25, 0.3) is 0 Å². The number of pyridine rings is 1. The molecule has 0 bridgehead atoms. The van der Waals surface area contributed by atoms with Crippen LogP contribution in [0.25, 0.3) is 11.1 Å². The number of ether oxygens (including phenoxy) is 1. The number of aromatic nitrogens is 1. The van der Waals surface area contributed by atoms with Crippen LogP contribution in [0.5, 0.6) is 0 Å². The first-order chi connectivity index (χ1) is 16.4. The average molecular weight is 524 g/mol. The van der Waals surface area contributed by atoms with Gasteiger partial charge in [-0.2, -0.15) is 0 Å². The van der Waals surface area contributed by atoms with Crippen molar-refractivity contribution in [1.82, 2.24) is 10.3 Å². The Morgan fingerprint density at radius 2 is 1.68 bits per heavy atom. The van der Waals surface area contributed by atoms with Crippen LogP contribution in [0.2, 0.25) is 0 Å². The minimum atomic E-state index is -1.09. The van der Waals surface area contributed by atoms with Crippen LogP contribution in [0, 0.1) is 0 Å². The molecule has 0 fully saturated rings. The first kappa shape index (κ1) is 23.4. The lowest BCUT2D eigenvalue weighted by atomic mass is 9.98.